The molecule has 0 saturated heterocycles. The normalized spacial score (nSPS) is 10.3. The van der Waals surface area contributed by atoms with Gasteiger partial charge in [0.15, 0.2) is 10.3 Å². The number of rotatable bonds is 8. The summed E-state index contributed by atoms with van der Waals surface area (Å²) >= 11 is 8.69. The molecule has 37 heavy (non-hydrogen) atoms. The Bertz CT molecular complexity index is 1220. The molecule has 12 heteroatoms. The van der Waals surface area contributed by atoms with E-state index in [1.165, 1.54) is 23.5 Å². The number of carbonyl (C=O) groups excluding carboxylic acids is 2. The number of hydrogen-bond donors (Lipinski definition) is 0. The predicted octanol–water partition coefficient (Wildman–Crippen LogP) is 5.70. The SMILES string of the molecule is CCOC(=O)c1c(C)nc(SC)nc1-c1ccc(OC)cc1.CCOC(=O)c1c(C)nc(SC)nc1Cl. The van der Waals surface area contributed by atoms with Crippen molar-refractivity contribution in [2.75, 3.05) is 32.8 Å². The number of thioether (sulfide) groups is 2. The number of methoxy groups -OCH3 is 1. The van der Waals surface area contributed by atoms with E-state index >= 15 is 0 Å². The Morgan fingerprint density at radius 1 is 0.811 bits per heavy atom. The molecule has 0 N–H and O–H groups in total. The van der Waals surface area contributed by atoms with Crippen LogP contribution in [0.2, 0.25) is 5.15 Å². The standard InChI is InChI=1S/C16H18N2O3S.C9H11ClN2O2S/c1-5-21-15(19)13-10(2)17-16(22-4)18-14(13)11-6-8-12(20-3)9-7-11;1-4-14-8(13)6-5(2)11-9(15-3)12-7(6)10/h6-9H,5H2,1-4H3;4H2,1-3H3. The van der Waals surface area contributed by atoms with Crippen LogP contribution in [0.3, 0.4) is 0 Å². The molecule has 0 saturated carbocycles. The third-order valence-corrected chi connectivity index (χ3v) is 6.15. The van der Waals surface area contributed by atoms with Gasteiger partial charge in [0.25, 0.3) is 0 Å². The van der Waals surface area contributed by atoms with Crippen molar-refractivity contribution in [3.05, 3.63) is 51.9 Å². The lowest BCUT2D eigenvalue weighted by Crippen LogP contribution is -2.12. The van der Waals surface area contributed by atoms with Crippen LogP contribution in [0.1, 0.15) is 46.0 Å². The molecule has 0 aliphatic heterocycles. The topological polar surface area (TPSA) is 113 Å². The van der Waals surface area contributed by atoms with Crippen molar-refractivity contribution in [1.82, 2.24) is 19.9 Å². The Balaban J connectivity index is 0.000000281. The van der Waals surface area contributed by atoms with Gasteiger partial charge in [-0.1, -0.05) is 35.1 Å². The summed E-state index contributed by atoms with van der Waals surface area (Å²) < 4.78 is 15.2. The zero-order valence-electron chi connectivity index (χ0n) is 21.7. The van der Waals surface area contributed by atoms with E-state index in [-0.39, 0.29) is 10.7 Å². The van der Waals surface area contributed by atoms with Gasteiger partial charge in [-0.2, -0.15) is 0 Å². The van der Waals surface area contributed by atoms with Gasteiger partial charge >= 0.3 is 11.9 Å². The average Bonchev–Trinajstić information content (AvgIpc) is 2.88. The molecular weight excluding hydrogens is 536 g/mol. The first-order chi connectivity index (χ1) is 17.7. The fraction of sp³-hybridized carbons (Fsp3) is 0.360. The minimum absolute atomic E-state index is 0.144. The molecule has 3 rings (SSSR count). The largest absolute Gasteiger partial charge is 0.497 e. The average molecular weight is 565 g/mol. The molecule has 9 nitrogen and oxygen atoms in total. The van der Waals surface area contributed by atoms with Gasteiger partial charge in [0.2, 0.25) is 0 Å². The van der Waals surface area contributed by atoms with E-state index < -0.39 is 11.9 Å². The number of benzene rings is 1. The van der Waals surface area contributed by atoms with Crippen molar-refractivity contribution in [3.63, 3.8) is 0 Å². The van der Waals surface area contributed by atoms with Gasteiger partial charge in [-0.15, -0.1) is 0 Å². The number of esters is 2. The molecule has 0 atom stereocenters. The zero-order valence-corrected chi connectivity index (χ0v) is 24.1. The summed E-state index contributed by atoms with van der Waals surface area (Å²) in [6, 6.07) is 7.40. The van der Waals surface area contributed by atoms with Crippen molar-refractivity contribution in [1.29, 1.82) is 0 Å². The monoisotopic (exact) mass is 564 g/mol. The van der Waals surface area contributed by atoms with E-state index in [2.05, 4.69) is 19.9 Å². The van der Waals surface area contributed by atoms with E-state index in [4.69, 9.17) is 25.8 Å². The van der Waals surface area contributed by atoms with Crippen LogP contribution < -0.4 is 4.74 Å². The lowest BCUT2D eigenvalue weighted by molar-refractivity contribution is 0.0515. The zero-order chi connectivity index (χ0) is 27.5. The first-order valence-electron chi connectivity index (χ1n) is 11.2. The first-order valence-corrected chi connectivity index (χ1v) is 14.0. The number of ether oxygens (including phenoxy) is 3. The van der Waals surface area contributed by atoms with Gasteiger partial charge < -0.3 is 14.2 Å². The second kappa shape index (κ2) is 14.7. The fourth-order valence-electron chi connectivity index (χ4n) is 3.08. The van der Waals surface area contributed by atoms with E-state index in [0.29, 0.717) is 46.2 Å². The molecule has 2 heterocycles. The molecule has 0 bridgehead atoms. The first kappa shape index (κ1) is 30.3. The second-order valence-corrected chi connectivity index (χ2v) is 9.06. The lowest BCUT2D eigenvalue weighted by atomic mass is 10.0. The van der Waals surface area contributed by atoms with Gasteiger partial charge in [0, 0.05) is 5.56 Å². The van der Waals surface area contributed by atoms with Crippen LogP contribution in [-0.4, -0.2) is 64.7 Å². The summed E-state index contributed by atoms with van der Waals surface area (Å²) in [5.41, 5.74) is 3.21. The molecule has 1 aromatic carbocycles. The maximum atomic E-state index is 12.2. The maximum Gasteiger partial charge on any atom is 0.343 e. The smallest absolute Gasteiger partial charge is 0.343 e. The third kappa shape index (κ3) is 8.05. The predicted molar refractivity (Wildman–Crippen MR) is 146 cm³/mol. The molecule has 0 aliphatic rings. The molecule has 0 amide bonds. The van der Waals surface area contributed by atoms with Gasteiger partial charge in [-0.25, -0.2) is 29.5 Å². The minimum Gasteiger partial charge on any atom is -0.497 e. The number of carbonyl (C=O) groups is 2. The Labute approximate surface area is 230 Å². The van der Waals surface area contributed by atoms with E-state index in [1.54, 1.807) is 34.8 Å². The number of hydrogen-bond acceptors (Lipinski definition) is 11. The summed E-state index contributed by atoms with van der Waals surface area (Å²) in [6.07, 6.45) is 3.74. The molecule has 0 radical (unpaired) electrons. The lowest BCUT2D eigenvalue weighted by Gasteiger charge is -2.12. The molecule has 0 fully saturated rings. The third-order valence-electron chi connectivity index (χ3n) is 4.78. The highest BCUT2D eigenvalue weighted by molar-refractivity contribution is 7.98. The second-order valence-electron chi connectivity index (χ2n) is 7.15. The van der Waals surface area contributed by atoms with Crippen LogP contribution in [0.15, 0.2) is 34.6 Å². The number of halogens is 1. The summed E-state index contributed by atoms with van der Waals surface area (Å²) in [6.45, 7) is 7.62. The highest BCUT2D eigenvalue weighted by atomic mass is 35.5. The Hall–Kier alpha value is -2.89. The summed E-state index contributed by atoms with van der Waals surface area (Å²) in [7, 11) is 1.61. The molecule has 3 aromatic rings. The van der Waals surface area contributed by atoms with Crippen LogP contribution in [0.25, 0.3) is 11.3 Å². The minimum atomic E-state index is -0.479. The molecule has 0 aliphatic carbocycles. The highest BCUT2D eigenvalue weighted by Crippen LogP contribution is 2.28. The van der Waals surface area contributed by atoms with Crippen molar-refractivity contribution < 1.29 is 23.8 Å². The van der Waals surface area contributed by atoms with Crippen molar-refractivity contribution in [2.24, 2.45) is 0 Å². The number of aryl methyl sites for hydroxylation is 2. The van der Waals surface area contributed by atoms with Crippen LogP contribution >= 0.6 is 35.1 Å². The van der Waals surface area contributed by atoms with Crippen molar-refractivity contribution in [3.8, 4) is 17.0 Å². The number of aromatic nitrogens is 4. The van der Waals surface area contributed by atoms with E-state index in [0.717, 1.165) is 11.3 Å². The van der Waals surface area contributed by atoms with Crippen LogP contribution in [0.4, 0.5) is 0 Å². The molecule has 0 unspecified atom stereocenters. The maximum absolute atomic E-state index is 12.2. The molecule has 2 aromatic heterocycles. The van der Waals surface area contributed by atoms with Gasteiger partial charge in [-0.05, 0) is 64.5 Å². The molecule has 198 valence electrons. The quantitative estimate of drug-likeness (QED) is 0.145. The van der Waals surface area contributed by atoms with Crippen molar-refractivity contribution in [2.45, 2.75) is 38.0 Å². The van der Waals surface area contributed by atoms with Gasteiger partial charge in [-0.3, -0.25) is 0 Å². The Kier molecular flexibility index (Phi) is 12.1. The van der Waals surface area contributed by atoms with Gasteiger partial charge in [0.1, 0.15) is 22.0 Å². The van der Waals surface area contributed by atoms with Crippen LogP contribution in [0.5, 0.6) is 5.75 Å². The summed E-state index contributed by atoms with van der Waals surface area (Å²) in [5, 5.41) is 1.31. The Morgan fingerprint density at radius 2 is 1.30 bits per heavy atom. The van der Waals surface area contributed by atoms with Crippen LogP contribution in [0, 0.1) is 13.8 Å². The van der Waals surface area contributed by atoms with Crippen LogP contribution in [-0.2, 0) is 9.47 Å². The fourth-order valence-corrected chi connectivity index (χ4v) is 4.25. The number of nitrogens with zero attached hydrogens (tertiary/aromatic N) is 4. The summed E-state index contributed by atoms with van der Waals surface area (Å²) in [5.74, 6) is -0.136. The highest BCUT2D eigenvalue weighted by Gasteiger charge is 2.21. The Morgan fingerprint density at radius 3 is 1.76 bits per heavy atom. The van der Waals surface area contributed by atoms with Gasteiger partial charge in [0.05, 0.1) is 37.4 Å². The summed E-state index contributed by atoms with van der Waals surface area (Å²) in [4.78, 5) is 40.7. The van der Waals surface area contributed by atoms with E-state index in [1.807, 2.05) is 36.8 Å². The molecule has 0 spiro atoms. The molecular formula is C25H29ClN4O5S2. The van der Waals surface area contributed by atoms with Crippen molar-refractivity contribution >= 4 is 47.1 Å². The van der Waals surface area contributed by atoms with E-state index in [9.17, 15) is 9.59 Å².